The molecule has 2 nitrogen and oxygen atoms in total. The Morgan fingerprint density at radius 2 is 1.91 bits per heavy atom. The number of nitrogens with one attached hydrogen (secondary N) is 1. The van der Waals surface area contributed by atoms with Crippen LogP contribution in [0, 0.1) is 6.92 Å². The van der Waals surface area contributed by atoms with Crippen molar-refractivity contribution in [2.45, 2.75) is 39.0 Å². The first-order valence-electron chi connectivity index (χ1n) is 8.02. The van der Waals surface area contributed by atoms with Crippen LogP contribution in [0.25, 0.3) is 10.2 Å². The lowest BCUT2D eigenvalue weighted by Gasteiger charge is -2.12. The van der Waals surface area contributed by atoms with E-state index in [1.54, 1.807) is 4.88 Å². The highest BCUT2D eigenvalue weighted by molar-refractivity contribution is 7.18. The van der Waals surface area contributed by atoms with Gasteiger partial charge in [-0.2, -0.15) is 4.98 Å². The number of pyridine rings is 1. The van der Waals surface area contributed by atoms with E-state index in [-0.39, 0.29) is 0 Å². The third-order valence-electron chi connectivity index (χ3n) is 4.74. The highest BCUT2D eigenvalue weighted by Crippen LogP contribution is 2.39. The van der Waals surface area contributed by atoms with E-state index >= 15 is 0 Å². The number of H-pyrrole nitrogens is 1. The van der Waals surface area contributed by atoms with Gasteiger partial charge < -0.3 is 5.73 Å². The van der Waals surface area contributed by atoms with Crippen LogP contribution in [0.5, 0.6) is 0 Å². The predicted octanol–water partition coefficient (Wildman–Crippen LogP) is 4.08. The van der Waals surface area contributed by atoms with Crippen LogP contribution in [0.3, 0.4) is 0 Å². The Morgan fingerprint density at radius 1 is 1.14 bits per heavy atom. The minimum atomic E-state index is 0.898. The smallest absolute Gasteiger partial charge is 0.269 e. The second-order valence-electron chi connectivity index (χ2n) is 6.22. The predicted molar refractivity (Wildman–Crippen MR) is 93.4 cm³/mol. The molecule has 0 amide bonds. The summed E-state index contributed by atoms with van der Waals surface area (Å²) in [5.41, 5.74) is 12.9. The summed E-state index contributed by atoms with van der Waals surface area (Å²) in [5, 5.41) is 1.30. The number of thiophene rings is 1. The van der Waals surface area contributed by atoms with Gasteiger partial charge in [0, 0.05) is 23.8 Å². The molecule has 0 bridgehead atoms. The zero-order valence-electron chi connectivity index (χ0n) is 12.9. The fourth-order valence-electron chi connectivity index (χ4n) is 3.57. The second-order valence-corrected chi connectivity index (χ2v) is 7.32. The summed E-state index contributed by atoms with van der Waals surface area (Å²) in [5.74, 6) is 0. The van der Waals surface area contributed by atoms with Crippen molar-refractivity contribution in [1.82, 2.24) is 0 Å². The lowest BCUT2D eigenvalue weighted by atomic mass is 9.94. The van der Waals surface area contributed by atoms with Crippen molar-refractivity contribution >= 4 is 27.2 Å². The fraction of sp³-hybridized carbons (Fsp3) is 0.316. The number of rotatable bonds is 2. The maximum atomic E-state index is 6.62. The monoisotopic (exact) mass is 309 g/mol. The highest BCUT2D eigenvalue weighted by atomic mass is 32.1. The van der Waals surface area contributed by atoms with Gasteiger partial charge in [-0.15, -0.1) is 0 Å². The zero-order chi connectivity index (χ0) is 15.1. The lowest BCUT2D eigenvalue weighted by Crippen LogP contribution is -2.14. The number of aromatic nitrogens is 1. The topological polar surface area (TPSA) is 40.2 Å². The van der Waals surface area contributed by atoms with Gasteiger partial charge in [-0.05, 0) is 36.8 Å². The number of aryl methyl sites for hydroxylation is 3. The van der Waals surface area contributed by atoms with Crippen LogP contribution >= 0.6 is 11.3 Å². The van der Waals surface area contributed by atoms with E-state index in [1.807, 2.05) is 11.3 Å². The van der Waals surface area contributed by atoms with Crippen LogP contribution in [-0.2, 0) is 19.3 Å². The summed E-state index contributed by atoms with van der Waals surface area (Å²) in [6.07, 6.45) is 5.90. The van der Waals surface area contributed by atoms with E-state index in [4.69, 9.17) is 5.73 Å². The number of anilines is 1. The molecule has 2 aromatic heterocycles. The van der Waals surface area contributed by atoms with E-state index in [2.05, 4.69) is 42.2 Å². The van der Waals surface area contributed by atoms with E-state index in [1.165, 1.54) is 58.3 Å². The number of aromatic amines is 1. The number of nitrogen functional groups attached to an aromatic ring is 1. The molecule has 1 aliphatic rings. The summed E-state index contributed by atoms with van der Waals surface area (Å²) in [6, 6.07) is 10.6. The second kappa shape index (κ2) is 5.40. The Balaban J connectivity index is 1.88. The fourth-order valence-corrected chi connectivity index (χ4v) is 4.92. The third-order valence-corrected chi connectivity index (χ3v) is 5.95. The van der Waals surface area contributed by atoms with Crippen LogP contribution in [0.15, 0.2) is 30.3 Å². The van der Waals surface area contributed by atoms with Crippen molar-refractivity contribution in [1.29, 1.82) is 0 Å². The van der Waals surface area contributed by atoms with Crippen LogP contribution < -0.4 is 10.7 Å². The minimum absolute atomic E-state index is 0.898. The molecule has 0 saturated heterocycles. The van der Waals surface area contributed by atoms with Crippen LogP contribution in [-0.4, -0.2) is 0 Å². The lowest BCUT2D eigenvalue weighted by molar-refractivity contribution is -0.352. The number of fused-ring (bicyclic) bond motifs is 3. The molecule has 3 aromatic rings. The first-order chi connectivity index (χ1) is 10.7. The van der Waals surface area contributed by atoms with E-state index < -0.39 is 0 Å². The van der Waals surface area contributed by atoms with Crippen molar-refractivity contribution in [2.24, 2.45) is 0 Å². The van der Waals surface area contributed by atoms with Gasteiger partial charge in [0.2, 0.25) is 0 Å². The Morgan fingerprint density at radius 3 is 2.73 bits per heavy atom. The largest absolute Gasteiger partial charge is 0.398 e. The summed E-state index contributed by atoms with van der Waals surface area (Å²) in [4.78, 5) is 6.42. The molecule has 112 valence electrons. The SMILES string of the molecule is Cc1[nH+]c2sc3c(c2c(N)c1Cc1ccccc1)CCCC3. The van der Waals surface area contributed by atoms with Gasteiger partial charge in [0.1, 0.15) is 0 Å². The molecule has 22 heavy (non-hydrogen) atoms. The normalized spacial score (nSPS) is 14.2. The van der Waals surface area contributed by atoms with Gasteiger partial charge in [0.25, 0.3) is 4.83 Å². The zero-order valence-corrected chi connectivity index (χ0v) is 13.7. The molecule has 1 aromatic carbocycles. The summed E-state index contributed by atoms with van der Waals surface area (Å²) < 4.78 is 0. The molecular weight excluding hydrogens is 288 g/mol. The number of benzene rings is 1. The van der Waals surface area contributed by atoms with E-state index in [0.717, 1.165) is 12.1 Å². The van der Waals surface area contributed by atoms with Gasteiger partial charge in [-0.1, -0.05) is 41.7 Å². The molecule has 0 atom stereocenters. The van der Waals surface area contributed by atoms with Gasteiger partial charge in [-0.3, -0.25) is 0 Å². The van der Waals surface area contributed by atoms with Gasteiger partial charge in [-0.25, -0.2) is 0 Å². The molecule has 0 unspecified atom stereocenters. The number of hydrogen-bond acceptors (Lipinski definition) is 2. The molecule has 2 heterocycles. The van der Waals surface area contributed by atoms with Gasteiger partial charge in [0.05, 0.1) is 11.1 Å². The Kier molecular flexibility index (Phi) is 3.38. The molecular formula is C19H21N2S+. The highest BCUT2D eigenvalue weighted by Gasteiger charge is 2.25. The number of nitrogens with two attached hydrogens (primary N) is 1. The average molecular weight is 309 g/mol. The Bertz CT molecular complexity index is 834. The maximum Gasteiger partial charge on any atom is 0.269 e. The van der Waals surface area contributed by atoms with E-state index in [9.17, 15) is 0 Å². The molecule has 0 aliphatic heterocycles. The molecule has 4 rings (SSSR count). The summed E-state index contributed by atoms with van der Waals surface area (Å²) in [7, 11) is 0. The molecule has 0 radical (unpaired) electrons. The third kappa shape index (κ3) is 2.20. The minimum Gasteiger partial charge on any atom is -0.398 e. The Labute approximate surface area is 135 Å². The van der Waals surface area contributed by atoms with E-state index in [0.29, 0.717) is 0 Å². The van der Waals surface area contributed by atoms with Crippen molar-refractivity contribution in [3.05, 3.63) is 57.6 Å². The van der Waals surface area contributed by atoms with Gasteiger partial charge in [0.15, 0.2) is 5.69 Å². The first kappa shape index (κ1) is 13.8. The molecule has 0 fully saturated rings. The van der Waals surface area contributed by atoms with Crippen LogP contribution in [0.4, 0.5) is 5.69 Å². The van der Waals surface area contributed by atoms with Crippen molar-refractivity contribution in [3.63, 3.8) is 0 Å². The van der Waals surface area contributed by atoms with Crippen LogP contribution in [0.2, 0.25) is 0 Å². The summed E-state index contributed by atoms with van der Waals surface area (Å²) >= 11 is 1.91. The van der Waals surface area contributed by atoms with Gasteiger partial charge >= 0.3 is 0 Å². The first-order valence-corrected chi connectivity index (χ1v) is 8.84. The van der Waals surface area contributed by atoms with Crippen molar-refractivity contribution in [2.75, 3.05) is 5.73 Å². The summed E-state index contributed by atoms with van der Waals surface area (Å²) in [6.45, 7) is 2.15. The molecule has 1 aliphatic carbocycles. The maximum absolute atomic E-state index is 6.62. The number of hydrogen-bond donors (Lipinski definition) is 1. The molecule has 3 heteroatoms. The van der Waals surface area contributed by atoms with Crippen molar-refractivity contribution in [3.8, 4) is 0 Å². The Hall–Kier alpha value is -1.87. The molecule has 3 N–H and O–H groups in total. The quantitative estimate of drug-likeness (QED) is 0.761. The molecule has 0 saturated carbocycles. The standard InChI is InChI=1S/C19H20N2S/c1-12-15(11-13-7-3-2-4-8-13)18(20)17-14-9-5-6-10-16(14)22-19(17)21-12/h2-4,7-8H,5-6,9-11H2,1H3,(H2,20,21)/p+1. The average Bonchev–Trinajstić information content (AvgIpc) is 2.90. The van der Waals surface area contributed by atoms with Crippen LogP contribution in [0.1, 0.15) is 40.1 Å². The van der Waals surface area contributed by atoms with Crippen molar-refractivity contribution < 1.29 is 4.98 Å². The molecule has 0 spiro atoms.